The highest BCUT2D eigenvalue weighted by atomic mass is 35.5. The number of halogens is 1. The average molecular weight is 614 g/mol. The molecule has 5 N–H and O–H groups in total. The lowest BCUT2D eigenvalue weighted by molar-refractivity contribution is -0.129. The predicted molar refractivity (Wildman–Crippen MR) is 168 cm³/mol. The van der Waals surface area contributed by atoms with Crippen molar-refractivity contribution in [1.29, 1.82) is 0 Å². The zero-order valence-corrected chi connectivity index (χ0v) is 26.1. The second kappa shape index (κ2) is 14.9. The molecule has 1 fully saturated rings. The number of hydrogen-bond acceptors (Lipinski definition) is 8. The van der Waals surface area contributed by atoms with Crippen molar-refractivity contribution in [2.75, 3.05) is 37.7 Å². The largest absolute Gasteiger partial charge is 0.444 e. The monoisotopic (exact) mass is 613 g/mol. The van der Waals surface area contributed by atoms with E-state index < -0.39 is 17.2 Å². The Kier molecular flexibility index (Phi) is 11.2. The minimum Gasteiger partial charge on any atom is -0.444 e. The fraction of sp³-hybridized carbons (Fsp3) is 0.548. The molecule has 0 unspecified atom stereocenters. The summed E-state index contributed by atoms with van der Waals surface area (Å²) in [6.45, 7) is 8.17. The molecule has 0 radical (unpaired) electrons. The van der Waals surface area contributed by atoms with Crippen LogP contribution in [0.5, 0.6) is 0 Å². The maximum Gasteiger partial charge on any atom is 0.408 e. The van der Waals surface area contributed by atoms with Gasteiger partial charge in [-0.05, 0) is 89.6 Å². The number of nitrogens with two attached hydrogens (primary N) is 1. The predicted octanol–water partition coefficient (Wildman–Crippen LogP) is 4.87. The standard InChI is InChI=1S/C31H44ClN7O4/c1-30(2,3)43-29(41)38-31(13-17-39(18-14-31)27-24-11-16-34-26(24)35-21-36-27)28(40)37-25(22-7-9-23(32)10-8-22)12-20-42-19-6-4-5-15-33/h7-11,16,21,25H,4-6,12-15,17-20,33H2,1-3H3,(H,37,40)(H,38,41)(H,34,35,36)/t25-/m0/s1. The molecule has 1 aliphatic rings. The van der Waals surface area contributed by atoms with Crippen LogP contribution in [0.15, 0.2) is 42.9 Å². The number of benzene rings is 1. The average Bonchev–Trinajstić information content (AvgIpc) is 3.45. The number of alkyl carbamates (subject to hydrolysis) is 1. The molecule has 3 heterocycles. The Morgan fingerprint density at radius 2 is 1.84 bits per heavy atom. The molecule has 0 saturated carbocycles. The summed E-state index contributed by atoms with van der Waals surface area (Å²) in [7, 11) is 0. The number of unbranched alkanes of at least 4 members (excludes halogenated alkanes) is 2. The van der Waals surface area contributed by atoms with Crippen molar-refractivity contribution in [1.82, 2.24) is 25.6 Å². The number of aromatic amines is 1. The van der Waals surface area contributed by atoms with E-state index in [1.165, 1.54) is 6.33 Å². The van der Waals surface area contributed by atoms with Crippen LogP contribution in [0.4, 0.5) is 10.6 Å². The summed E-state index contributed by atoms with van der Waals surface area (Å²) < 4.78 is 11.5. The number of ether oxygens (including phenoxy) is 2. The Morgan fingerprint density at radius 3 is 2.53 bits per heavy atom. The molecule has 0 spiro atoms. The number of rotatable bonds is 13. The quantitative estimate of drug-likeness (QED) is 0.200. The Bertz CT molecular complexity index is 1330. The number of fused-ring (bicyclic) bond motifs is 1. The maximum atomic E-state index is 14.2. The van der Waals surface area contributed by atoms with Crippen LogP contribution in [0.1, 0.15) is 70.9 Å². The number of nitrogens with one attached hydrogen (secondary N) is 3. The van der Waals surface area contributed by atoms with Gasteiger partial charge in [0.2, 0.25) is 5.91 Å². The van der Waals surface area contributed by atoms with Gasteiger partial charge in [0, 0.05) is 37.5 Å². The first kappa shape index (κ1) is 32.5. The Morgan fingerprint density at radius 1 is 1.09 bits per heavy atom. The SMILES string of the molecule is CC(C)(C)OC(=O)NC1(C(=O)N[C@@H](CCOCCCCCN)c2ccc(Cl)cc2)CCN(c2ncnc3[nH]ccc23)CC1. The van der Waals surface area contributed by atoms with Gasteiger partial charge in [0.15, 0.2) is 0 Å². The van der Waals surface area contributed by atoms with E-state index >= 15 is 0 Å². The summed E-state index contributed by atoms with van der Waals surface area (Å²) in [5, 5.41) is 7.70. The highest BCUT2D eigenvalue weighted by Gasteiger charge is 2.45. The lowest BCUT2D eigenvalue weighted by Gasteiger charge is -2.42. The number of hydrogen-bond donors (Lipinski definition) is 4. The minimum absolute atomic E-state index is 0.268. The number of amides is 2. The van der Waals surface area contributed by atoms with Gasteiger partial charge in [-0.3, -0.25) is 4.79 Å². The molecule has 0 aliphatic carbocycles. The van der Waals surface area contributed by atoms with E-state index in [2.05, 4.69) is 30.5 Å². The number of H-pyrrole nitrogens is 1. The minimum atomic E-state index is -1.18. The number of carbonyl (C=O) groups is 2. The summed E-state index contributed by atoms with van der Waals surface area (Å²) in [4.78, 5) is 41.3. The summed E-state index contributed by atoms with van der Waals surface area (Å²) >= 11 is 6.16. The van der Waals surface area contributed by atoms with E-state index in [1.807, 2.05) is 24.4 Å². The van der Waals surface area contributed by atoms with Crippen LogP contribution in [-0.4, -0.2) is 70.9 Å². The van der Waals surface area contributed by atoms with Gasteiger partial charge in [0.05, 0.1) is 11.4 Å². The van der Waals surface area contributed by atoms with Gasteiger partial charge in [-0.15, -0.1) is 0 Å². The molecule has 2 amide bonds. The molecule has 12 heteroatoms. The molecule has 2 aromatic heterocycles. The topological polar surface area (TPSA) is 147 Å². The summed E-state index contributed by atoms with van der Waals surface area (Å²) in [5.74, 6) is 0.524. The van der Waals surface area contributed by atoms with Gasteiger partial charge in [-0.25, -0.2) is 14.8 Å². The van der Waals surface area contributed by atoms with Crippen LogP contribution >= 0.6 is 11.6 Å². The van der Waals surface area contributed by atoms with Crippen molar-refractivity contribution in [3.63, 3.8) is 0 Å². The lowest BCUT2D eigenvalue weighted by Crippen LogP contribution is -2.64. The van der Waals surface area contributed by atoms with Crippen LogP contribution in [0.3, 0.4) is 0 Å². The molecule has 1 aliphatic heterocycles. The van der Waals surface area contributed by atoms with Crippen molar-refractivity contribution < 1.29 is 19.1 Å². The number of nitrogens with zero attached hydrogens (tertiary/aromatic N) is 3. The van der Waals surface area contributed by atoms with Gasteiger partial charge in [0.1, 0.15) is 28.9 Å². The number of anilines is 1. The lowest BCUT2D eigenvalue weighted by atomic mass is 9.85. The molecule has 234 valence electrons. The third kappa shape index (κ3) is 9.04. The third-order valence-electron chi connectivity index (χ3n) is 7.55. The first-order valence-corrected chi connectivity index (χ1v) is 15.4. The van der Waals surface area contributed by atoms with E-state index in [0.29, 0.717) is 57.1 Å². The molecule has 1 atom stereocenters. The normalized spacial score (nSPS) is 15.7. The highest BCUT2D eigenvalue weighted by Crippen LogP contribution is 2.31. The Labute approximate surface area is 258 Å². The van der Waals surface area contributed by atoms with Crippen LogP contribution in [0.25, 0.3) is 11.0 Å². The zero-order chi connectivity index (χ0) is 30.9. The van der Waals surface area contributed by atoms with Gasteiger partial charge in [-0.2, -0.15) is 0 Å². The summed E-state index contributed by atoms with van der Waals surface area (Å²) in [6.07, 6.45) is 6.95. The van der Waals surface area contributed by atoms with Crippen LogP contribution < -0.4 is 21.3 Å². The van der Waals surface area contributed by atoms with Crippen molar-refractivity contribution >= 4 is 40.5 Å². The summed E-state index contributed by atoms with van der Waals surface area (Å²) in [5.41, 5.74) is 5.34. The molecule has 11 nitrogen and oxygen atoms in total. The van der Waals surface area contributed by atoms with Crippen molar-refractivity contribution in [2.45, 2.75) is 76.5 Å². The van der Waals surface area contributed by atoms with Gasteiger partial charge in [-0.1, -0.05) is 23.7 Å². The summed E-state index contributed by atoms with van der Waals surface area (Å²) in [6, 6.07) is 9.02. The van der Waals surface area contributed by atoms with Gasteiger partial charge >= 0.3 is 6.09 Å². The third-order valence-corrected chi connectivity index (χ3v) is 7.80. The van der Waals surface area contributed by atoms with Crippen molar-refractivity contribution in [2.24, 2.45) is 5.73 Å². The van der Waals surface area contributed by atoms with E-state index in [9.17, 15) is 9.59 Å². The first-order chi connectivity index (χ1) is 20.6. The number of piperidine rings is 1. The van der Waals surface area contributed by atoms with Crippen LogP contribution in [0, 0.1) is 0 Å². The van der Waals surface area contributed by atoms with Gasteiger partial charge in [0.25, 0.3) is 0 Å². The smallest absolute Gasteiger partial charge is 0.408 e. The zero-order valence-electron chi connectivity index (χ0n) is 25.3. The molecular weight excluding hydrogens is 570 g/mol. The highest BCUT2D eigenvalue weighted by molar-refractivity contribution is 6.30. The number of aromatic nitrogens is 3. The van der Waals surface area contributed by atoms with Crippen molar-refractivity contribution in [3.05, 3.63) is 53.4 Å². The van der Waals surface area contributed by atoms with E-state index in [1.54, 1.807) is 32.9 Å². The number of carbonyl (C=O) groups excluding carboxylic acids is 2. The van der Waals surface area contributed by atoms with E-state index in [-0.39, 0.29) is 11.9 Å². The molecule has 0 bridgehead atoms. The molecule has 1 aromatic carbocycles. The first-order valence-electron chi connectivity index (χ1n) is 15.0. The van der Waals surface area contributed by atoms with E-state index in [4.69, 9.17) is 26.8 Å². The maximum absolute atomic E-state index is 14.2. The van der Waals surface area contributed by atoms with Gasteiger partial charge < -0.3 is 35.7 Å². The molecule has 3 aromatic rings. The fourth-order valence-electron chi connectivity index (χ4n) is 5.26. The van der Waals surface area contributed by atoms with E-state index in [0.717, 1.165) is 41.7 Å². The second-order valence-electron chi connectivity index (χ2n) is 12.0. The van der Waals surface area contributed by atoms with Crippen LogP contribution in [0.2, 0.25) is 5.02 Å². The van der Waals surface area contributed by atoms with Crippen LogP contribution in [-0.2, 0) is 14.3 Å². The molecule has 1 saturated heterocycles. The molecule has 43 heavy (non-hydrogen) atoms. The Hall–Kier alpha value is -3.41. The second-order valence-corrected chi connectivity index (χ2v) is 12.4. The molecular formula is C31H44ClN7O4. The Balaban J connectivity index is 1.51. The van der Waals surface area contributed by atoms with Crippen molar-refractivity contribution in [3.8, 4) is 0 Å². The molecule has 4 rings (SSSR count). The fourth-order valence-corrected chi connectivity index (χ4v) is 5.39.